The molecule has 0 saturated carbocycles. The van der Waals surface area contributed by atoms with Crippen LogP contribution in [0.2, 0.25) is 0 Å². The van der Waals surface area contributed by atoms with Crippen molar-refractivity contribution in [2.24, 2.45) is 0 Å². The summed E-state index contributed by atoms with van der Waals surface area (Å²) >= 11 is 0. The average Bonchev–Trinajstić information content (AvgIpc) is 2.46. The van der Waals surface area contributed by atoms with Gasteiger partial charge in [-0.25, -0.2) is 8.42 Å². The molecular formula is C13H17N3O4S. The zero-order chi connectivity index (χ0) is 15.1. The summed E-state index contributed by atoms with van der Waals surface area (Å²) in [6.45, 7) is 2.18. The molecule has 7 nitrogen and oxygen atoms in total. The van der Waals surface area contributed by atoms with E-state index in [0.29, 0.717) is 6.54 Å². The van der Waals surface area contributed by atoms with Crippen molar-refractivity contribution in [1.82, 2.24) is 9.62 Å². The zero-order valence-corrected chi connectivity index (χ0v) is 12.3. The minimum atomic E-state index is -3.57. The Labute approximate surface area is 123 Å². The number of piperidine rings is 1. The predicted octanol–water partition coefficient (Wildman–Crippen LogP) is 1.11. The van der Waals surface area contributed by atoms with E-state index in [1.165, 1.54) is 24.3 Å². The Morgan fingerprint density at radius 2 is 1.76 bits per heavy atom. The summed E-state index contributed by atoms with van der Waals surface area (Å²) in [6.07, 6.45) is 2.53. The highest BCUT2D eigenvalue weighted by Gasteiger charge is 2.51. The highest BCUT2D eigenvalue weighted by Crippen LogP contribution is 2.42. The van der Waals surface area contributed by atoms with Crippen LogP contribution in [-0.2, 0) is 10.0 Å². The van der Waals surface area contributed by atoms with Crippen LogP contribution in [0.4, 0.5) is 5.69 Å². The van der Waals surface area contributed by atoms with Crippen molar-refractivity contribution < 1.29 is 13.3 Å². The third-order valence-corrected chi connectivity index (χ3v) is 6.50. The highest BCUT2D eigenvalue weighted by atomic mass is 32.2. The summed E-state index contributed by atoms with van der Waals surface area (Å²) in [5, 5.41) is 13.9. The van der Waals surface area contributed by atoms with Gasteiger partial charge in [-0.2, -0.15) is 4.31 Å². The van der Waals surface area contributed by atoms with Crippen LogP contribution >= 0.6 is 0 Å². The number of hydrogen-bond acceptors (Lipinski definition) is 5. The molecule has 0 radical (unpaired) electrons. The molecular weight excluding hydrogens is 294 g/mol. The molecule has 2 fully saturated rings. The lowest BCUT2D eigenvalue weighted by Gasteiger charge is -2.53. The fraction of sp³-hybridized carbons (Fsp3) is 0.538. The third kappa shape index (κ3) is 2.33. The lowest BCUT2D eigenvalue weighted by molar-refractivity contribution is -0.384. The van der Waals surface area contributed by atoms with Gasteiger partial charge in [0.25, 0.3) is 5.69 Å². The molecule has 114 valence electrons. The Kier molecular flexibility index (Phi) is 3.46. The van der Waals surface area contributed by atoms with Crippen LogP contribution in [0.1, 0.15) is 19.3 Å². The molecule has 1 aromatic carbocycles. The fourth-order valence-corrected chi connectivity index (χ4v) is 5.00. The molecule has 1 aromatic rings. The summed E-state index contributed by atoms with van der Waals surface area (Å²) in [7, 11) is -3.57. The molecule has 0 aliphatic carbocycles. The molecule has 1 N–H and O–H groups in total. The van der Waals surface area contributed by atoms with E-state index in [9.17, 15) is 18.5 Å². The molecule has 2 saturated heterocycles. The van der Waals surface area contributed by atoms with Gasteiger partial charge < -0.3 is 5.32 Å². The number of sulfonamides is 1. The van der Waals surface area contributed by atoms with E-state index in [4.69, 9.17) is 0 Å². The SMILES string of the molecule is O=[N+]([O-])c1ccc(S(=O)(=O)N2CCC23CCNCC3)cc1. The van der Waals surface area contributed by atoms with E-state index in [1.54, 1.807) is 4.31 Å². The van der Waals surface area contributed by atoms with Gasteiger partial charge in [0.05, 0.1) is 9.82 Å². The first-order valence-electron chi connectivity index (χ1n) is 6.94. The van der Waals surface area contributed by atoms with Crippen molar-refractivity contribution >= 4 is 15.7 Å². The third-order valence-electron chi connectivity index (χ3n) is 4.48. The molecule has 21 heavy (non-hydrogen) atoms. The highest BCUT2D eigenvalue weighted by molar-refractivity contribution is 7.89. The molecule has 0 bridgehead atoms. The lowest BCUT2D eigenvalue weighted by atomic mass is 9.79. The Bertz CT molecular complexity index is 650. The molecule has 2 aliphatic rings. The number of nitrogens with one attached hydrogen (secondary N) is 1. The Hall–Kier alpha value is -1.51. The second kappa shape index (κ2) is 5.04. The number of nitro benzene ring substituents is 1. The van der Waals surface area contributed by atoms with Crippen molar-refractivity contribution in [3.63, 3.8) is 0 Å². The summed E-state index contributed by atoms with van der Waals surface area (Å²) in [4.78, 5) is 10.2. The van der Waals surface area contributed by atoms with Crippen LogP contribution in [0.15, 0.2) is 29.2 Å². The van der Waals surface area contributed by atoms with Gasteiger partial charge in [0.15, 0.2) is 0 Å². The van der Waals surface area contributed by atoms with Gasteiger partial charge in [0.2, 0.25) is 10.0 Å². The molecule has 0 amide bonds. The van der Waals surface area contributed by atoms with E-state index in [2.05, 4.69) is 5.32 Å². The number of benzene rings is 1. The molecule has 8 heteroatoms. The topological polar surface area (TPSA) is 92.5 Å². The normalized spacial score (nSPS) is 21.9. The Morgan fingerprint density at radius 3 is 2.24 bits per heavy atom. The maximum absolute atomic E-state index is 12.7. The number of rotatable bonds is 3. The Morgan fingerprint density at radius 1 is 1.14 bits per heavy atom. The quantitative estimate of drug-likeness (QED) is 0.667. The average molecular weight is 311 g/mol. The predicted molar refractivity (Wildman–Crippen MR) is 76.4 cm³/mol. The second-order valence-corrected chi connectivity index (χ2v) is 7.41. The van der Waals surface area contributed by atoms with Crippen LogP contribution in [0, 0.1) is 10.1 Å². The first-order chi connectivity index (χ1) is 9.96. The van der Waals surface area contributed by atoms with Crippen molar-refractivity contribution in [1.29, 1.82) is 0 Å². The van der Waals surface area contributed by atoms with Gasteiger partial charge in [0, 0.05) is 24.2 Å². The number of hydrogen-bond donors (Lipinski definition) is 1. The number of nitro groups is 1. The van der Waals surface area contributed by atoms with E-state index in [-0.39, 0.29) is 16.1 Å². The molecule has 1 spiro atoms. The molecule has 0 atom stereocenters. The summed E-state index contributed by atoms with van der Waals surface area (Å²) in [5.74, 6) is 0. The van der Waals surface area contributed by atoms with Gasteiger partial charge >= 0.3 is 0 Å². The van der Waals surface area contributed by atoms with Crippen LogP contribution in [0.3, 0.4) is 0 Å². The van der Waals surface area contributed by atoms with Gasteiger partial charge in [-0.15, -0.1) is 0 Å². The fourth-order valence-electron chi connectivity index (χ4n) is 3.15. The maximum atomic E-state index is 12.7. The molecule has 2 heterocycles. The van der Waals surface area contributed by atoms with E-state index in [0.717, 1.165) is 32.4 Å². The maximum Gasteiger partial charge on any atom is 0.269 e. The smallest absolute Gasteiger partial charge is 0.269 e. The van der Waals surface area contributed by atoms with Crippen molar-refractivity contribution in [2.75, 3.05) is 19.6 Å². The zero-order valence-electron chi connectivity index (χ0n) is 11.5. The molecule has 3 rings (SSSR count). The van der Waals surface area contributed by atoms with Crippen LogP contribution in [-0.4, -0.2) is 42.8 Å². The van der Waals surface area contributed by atoms with Gasteiger partial charge in [0.1, 0.15) is 0 Å². The molecule has 0 unspecified atom stereocenters. The largest absolute Gasteiger partial charge is 0.317 e. The summed E-state index contributed by atoms with van der Waals surface area (Å²) in [5.41, 5.74) is -0.361. The minimum absolute atomic E-state index is 0.103. The molecule has 0 aromatic heterocycles. The first kappa shape index (κ1) is 14.4. The molecule has 2 aliphatic heterocycles. The number of non-ortho nitro benzene ring substituents is 1. The summed E-state index contributed by atoms with van der Waals surface area (Å²) < 4.78 is 27.0. The van der Waals surface area contributed by atoms with E-state index in [1.807, 2.05) is 0 Å². The monoisotopic (exact) mass is 311 g/mol. The number of nitrogens with zero attached hydrogens (tertiary/aromatic N) is 2. The second-order valence-electron chi connectivity index (χ2n) is 5.55. The van der Waals surface area contributed by atoms with Gasteiger partial charge in [-0.1, -0.05) is 0 Å². The minimum Gasteiger partial charge on any atom is -0.317 e. The van der Waals surface area contributed by atoms with Gasteiger partial charge in [-0.05, 0) is 44.5 Å². The van der Waals surface area contributed by atoms with E-state index < -0.39 is 14.9 Å². The lowest BCUT2D eigenvalue weighted by Crippen LogP contribution is -2.65. The standard InChI is InChI=1S/C13H17N3O4S/c17-16(18)11-1-3-12(4-2-11)21(19,20)15-10-7-13(15)5-8-14-9-6-13/h1-4,14H,5-10H2. The van der Waals surface area contributed by atoms with Gasteiger partial charge in [-0.3, -0.25) is 10.1 Å². The van der Waals surface area contributed by atoms with Crippen molar-refractivity contribution in [3.8, 4) is 0 Å². The van der Waals surface area contributed by atoms with Crippen LogP contribution in [0.25, 0.3) is 0 Å². The van der Waals surface area contributed by atoms with Crippen molar-refractivity contribution in [2.45, 2.75) is 29.7 Å². The van der Waals surface area contributed by atoms with Crippen LogP contribution in [0.5, 0.6) is 0 Å². The Balaban J connectivity index is 1.88. The van der Waals surface area contributed by atoms with Crippen LogP contribution < -0.4 is 5.32 Å². The van der Waals surface area contributed by atoms with E-state index >= 15 is 0 Å². The first-order valence-corrected chi connectivity index (χ1v) is 8.38. The summed E-state index contributed by atoms with van der Waals surface area (Å²) in [6, 6.07) is 5.12. The van der Waals surface area contributed by atoms with Crippen molar-refractivity contribution in [3.05, 3.63) is 34.4 Å².